The van der Waals surface area contributed by atoms with E-state index >= 15 is 0 Å². The van der Waals surface area contributed by atoms with Crippen LogP contribution >= 0.6 is 11.6 Å². The monoisotopic (exact) mass is 320 g/mol. The number of anilines is 1. The van der Waals surface area contributed by atoms with Crippen LogP contribution in [0.3, 0.4) is 0 Å². The molecule has 0 saturated carbocycles. The number of rotatable bonds is 5. The number of carbonyl (C=O) groups excluding carboxylic acids is 1. The molecule has 0 heterocycles. The van der Waals surface area contributed by atoms with E-state index in [-0.39, 0.29) is 18.3 Å². The molecule has 0 unspecified atom stereocenters. The number of carbonyl (C=O) groups is 1. The first kappa shape index (κ1) is 16.5. The lowest BCUT2D eigenvalue weighted by Gasteiger charge is -2.16. The van der Waals surface area contributed by atoms with Crippen molar-refractivity contribution in [3.8, 4) is 0 Å². The molecule has 0 aliphatic heterocycles. The van der Waals surface area contributed by atoms with Gasteiger partial charge in [0.05, 0.1) is 6.54 Å². The maximum atomic E-state index is 13.4. The van der Waals surface area contributed by atoms with Crippen LogP contribution in [-0.2, 0) is 11.3 Å². The van der Waals surface area contributed by atoms with Crippen molar-refractivity contribution in [2.75, 3.05) is 18.9 Å². The molecule has 0 aliphatic carbocycles. The molecule has 3 nitrogen and oxygen atoms in total. The molecule has 0 bridgehead atoms. The second kappa shape index (κ2) is 7.38. The second-order valence-electron chi connectivity index (χ2n) is 5.31. The maximum absolute atomic E-state index is 13.4. The summed E-state index contributed by atoms with van der Waals surface area (Å²) in [6, 6.07) is 12.1. The highest BCUT2D eigenvalue weighted by molar-refractivity contribution is 6.30. The molecule has 0 radical (unpaired) electrons. The predicted octanol–water partition coefficient (Wildman–Crippen LogP) is 3.86. The Morgan fingerprint density at radius 2 is 1.91 bits per heavy atom. The first-order valence-electron chi connectivity index (χ1n) is 6.93. The molecule has 22 heavy (non-hydrogen) atoms. The Labute approximate surface area is 134 Å². The molecule has 0 spiro atoms. The van der Waals surface area contributed by atoms with Crippen molar-refractivity contribution in [3.63, 3.8) is 0 Å². The van der Waals surface area contributed by atoms with Gasteiger partial charge in [-0.15, -0.1) is 0 Å². The van der Waals surface area contributed by atoms with E-state index in [0.717, 1.165) is 5.56 Å². The Bertz CT molecular complexity index is 658. The predicted molar refractivity (Wildman–Crippen MR) is 87.6 cm³/mol. The van der Waals surface area contributed by atoms with E-state index < -0.39 is 0 Å². The Morgan fingerprint density at radius 3 is 2.55 bits per heavy atom. The number of amides is 1. The molecule has 0 atom stereocenters. The number of hydrogen-bond donors (Lipinski definition) is 1. The summed E-state index contributed by atoms with van der Waals surface area (Å²) < 4.78 is 13.4. The van der Waals surface area contributed by atoms with Gasteiger partial charge in [-0.2, -0.15) is 0 Å². The van der Waals surface area contributed by atoms with Gasteiger partial charge in [-0.05, 0) is 49.4 Å². The fraction of sp³-hybridized carbons (Fsp3) is 0.235. The highest BCUT2D eigenvalue weighted by atomic mass is 35.5. The summed E-state index contributed by atoms with van der Waals surface area (Å²) in [5.74, 6) is -0.507. The summed E-state index contributed by atoms with van der Waals surface area (Å²) in [5, 5.41) is 3.38. The zero-order chi connectivity index (χ0) is 16.1. The minimum absolute atomic E-state index is 0.181. The first-order chi connectivity index (χ1) is 10.4. The van der Waals surface area contributed by atoms with Crippen molar-refractivity contribution < 1.29 is 9.18 Å². The summed E-state index contributed by atoms with van der Waals surface area (Å²) in [6.45, 7) is 2.53. The fourth-order valence-electron chi connectivity index (χ4n) is 2.07. The average molecular weight is 321 g/mol. The minimum Gasteiger partial charge on any atom is -0.325 e. The molecule has 1 N–H and O–H groups in total. The molecule has 0 aromatic heterocycles. The summed E-state index contributed by atoms with van der Waals surface area (Å²) in [6.07, 6.45) is 0. The minimum atomic E-state index is -0.327. The number of nitrogens with one attached hydrogen (secondary N) is 1. The van der Waals surface area contributed by atoms with E-state index in [1.165, 1.54) is 6.07 Å². The molecule has 0 fully saturated rings. The molecule has 2 rings (SSSR count). The second-order valence-corrected chi connectivity index (χ2v) is 5.75. The van der Waals surface area contributed by atoms with Crippen molar-refractivity contribution in [2.24, 2.45) is 0 Å². The molecular weight excluding hydrogens is 303 g/mol. The van der Waals surface area contributed by atoms with Crippen LogP contribution in [0.15, 0.2) is 42.5 Å². The van der Waals surface area contributed by atoms with Gasteiger partial charge in [0.1, 0.15) is 5.82 Å². The van der Waals surface area contributed by atoms with Gasteiger partial charge >= 0.3 is 0 Å². The lowest BCUT2D eigenvalue weighted by Crippen LogP contribution is -2.29. The largest absolute Gasteiger partial charge is 0.325 e. The van der Waals surface area contributed by atoms with E-state index in [1.54, 1.807) is 19.1 Å². The number of hydrogen-bond acceptors (Lipinski definition) is 2. The zero-order valence-corrected chi connectivity index (χ0v) is 13.3. The molecule has 116 valence electrons. The molecule has 1 amide bonds. The first-order valence-corrected chi connectivity index (χ1v) is 7.31. The lowest BCUT2D eigenvalue weighted by atomic mass is 10.2. The third-order valence-corrected chi connectivity index (χ3v) is 3.49. The van der Waals surface area contributed by atoms with Crippen LogP contribution in [0.5, 0.6) is 0 Å². The molecule has 2 aromatic rings. The SMILES string of the molecule is Cc1ccc(NC(=O)CN(C)Cc2ccc(Cl)cc2)cc1F. The van der Waals surface area contributed by atoms with Gasteiger partial charge in [0.2, 0.25) is 5.91 Å². The quantitative estimate of drug-likeness (QED) is 0.907. The van der Waals surface area contributed by atoms with Gasteiger partial charge in [-0.1, -0.05) is 29.8 Å². The summed E-state index contributed by atoms with van der Waals surface area (Å²) in [7, 11) is 1.85. The van der Waals surface area contributed by atoms with Gasteiger partial charge in [0.25, 0.3) is 0 Å². The van der Waals surface area contributed by atoms with Gasteiger partial charge in [-0.3, -0.25) is 9.69 Å². The number of halogens is 2. The Hall–Kier alpha value is -1.91. The van der Waals surface area contributed by atoms with Gasteiger partial charge < -0.3 is 5.32 Å². The maximum Gasteiger partial charge on any atom is 0.238 e. The van der Waals surface area contributed by atoms with Crippen LogP contribution < -0.4 is 5.32 Å². The van der Waals surface area contributed by atoms with Gasteiger partial charge in [0, 0.05) is 17.3 Å². The Morgan fingerprint density at radius 1 is 1.23 bits per heavy atom. The van der Waals surface area contributed by atoms with E-state index in [9.17, 15) is 9.18 Å². The van der Waals surface area contributed by atoms with Crippen molar-refractivity contribution in [2.45, 2.75) is 13.5 Å². The lowest BCUT2D eigenvalue weighted by molar-refractivity contribution is -0.117. The van der Waals surface area contributed by atoms with Gasteiger partial charge in [0.15, 0.2) is 0 Å². The average Bonchev–Trinajstić information content (AvgIpc) is 2.45. The van der Waals surface area contributed by atoms with Crippen LogP contribution in [0.25, 0.3) is 0 Å². The Kier molecular flexibility index (Phi) is 5.52. The molecule has 5 heteroatoms. The van der Waals surface area contributed by atoms with E-state index in [4.69, 9.17) is 11.6 Å². The number of nitrogens with zero attached hydrogens (tertiary/aromatic N) is 1. The van der Waals surface area contributed by atoms with Crippen LogP contribution in [0.1, 0.15) is 11.1 Å². The smallest absolute Gasteiger partial charge is 0.238 e. The van der Waals surface area contributed by atoms with Crippen molar-refractivity contribution in [1.82, 2.24) is 4.90 Å². The fourth-order valence-corrected chi connectivity index (χ4v) is 2.20. The Balaban J connectivity index is 1.88. The van der Waals surface area contributed by atoms with Crippen LogP contribution in [0.2, 0.25) is 5.02 Å². The van der Waals surface area contributed by atoms with Crippen molar-refractivity contribution >= 4 is 23.2 Å². The normalized spacial score (nSPS) is 10.8. The van der Waals surface area contributed by atoms with Crippen LogP contribution in [0, 0.1) is 12.7 Å². The molecule has 2 aromatic carbocycles. The topological polar surface area (TPSA) is 32.3 Å². The standard InChI is InChI=1S/C17H18ClFN2O/c1-12-3-8-15(9-16(12)19)20-17(22)11-21(2)10-13-4-6-14(18)7-5-13/h3-9H,10-11H2,1-2H3,(H,20,22). The van der Waals surface area contributed by atoms with E-state index in [2.05, 4.69) is 5.32 Å². The highest BCUT2D eigenvalue weighted by Crippen LogP contribution is 2.14. The number of aryl methyl sites for hydroxylation is 1. The number of likely N-dealkylation sites (N-methyl/N-ethyl adjacent to an activating group) is 1. The molecule has 0 aliphatic rings. The third-order valence-electron chi connectivity index (χ3n) is 3.23. The van der Waals surface area contributed by atoms with Crippen molar-refractivity contribution in [1.29, 1.82) is 0 Å². The molecular formula is C17H18ClFN2O. The molecule has 0 saturated heterocycles. The number of benzene rings is 2. The van der Waals surface area contributed by atoms with E-state index in [0.29, 0.717) is 22.8 Å². The highest BCUT2D eigenvalue weighted by Gasteiger charge is 2.08. The summed E-state index contributed by atoms with van der Waals surface area (Å²) in [5.41, 5.74) is 2.09. The summed E-state index contributed by atoms with van der Waals surface area (Å²) in [4.78, 5) is 13.8. The zero-order valence-electron chi connectivity index (χ0n) is 12.6. The van der Waals surface area contributed by atoms with E-state index in [1.807, 2.05) is 36.2 Å². The van der Waals surface area contributed by atoms with Crippen LogP contribution in [-0.4, -0.2) is 24.4 Å². The third kappa shape index (κ3) is 4.83. The van der Waals surface area contributed by atoms with Crippen molar-refractivity contribution in [3.05, 3.63) is 64.4 Å². The van der Waals surface area contributed by atoms with Gasteiger partial charge in [-0.25, -0.2) is 4.39 Å². The summed E-state index contributed by atoms with van der Waals surface area (Å²) >= 11 is 5.84. The van der Waals surface area contributed by atoms with Crippen LogP contribution in [0.4, 0.5) is 10.1 Å².